The second kappa shape index (κ2) is 6.00. The fraction of sp³-hybridized carbons (Fsp3) is 0.625. The first-order valence-electron chi connectivity index (χ1n) is 7.56. The molecule has 2 fully saturated rings. The van der Waals surface area contributed by atoms with Crippen LogP contribution in [0.15, 0.2) is 18.2 Å². The number of nitrogens with two attached hydrogens (primary N) is 1. The molecule has 0 radical (unpaired) electrons. The highest BCUT2D eigenvalue weighted by atomic mass is 35.5. The minimum atomic E-state index is -0.274. The zero-order chi connectivity index (χ0) is 14.1. The predicted molar refractivity (Wildman–Crippen MR) is 80.2 cm³/mol. The van der Waals surface area contributed by atoms with Crippen molar-refractivity contribution in [3.63, 3.8) is 0 Å². The average Bonchev–Trinajstić information content (AvgIpc) is 3.24. The molecule has 2 aliphatic carbocycles. The van der Waals surface area contributed by atoms with E-state index in [2.05, 4.69) is 4.90 Å². The molecule has 0 aromatic heterocycles. The van der Waals surface area contributed by atoms with Gasteiger partial charge in [-0.25, -0.2) is 4.39 Å². The van der Waals surface area contributed by atoms with Crippen LogP contribution in [0.2, 0.25) is 5.02 Å². The third-order valence-corrected chi connectivity index (χ3v) is 4.53. The number of rotatable bonds is 7. The molecule has 3 rings (SSSR count). The number of hydrogen-bond acceptors (Lipinski definition) is 2. The topological polar surface area (TPSA) is 29.3 Å². The van der Waals surface area contributed by atoms with E-state index in [1.807, 2.05) is 6.07 Å². The first-order chi connectivity index (χ1) is 9.65. The van der Waals surface area contributed by atoms with Crippen LogP contribution in [0, 0.1) is 17.7 Å². The van der Waals surface area contributed by atoms with Gasteiger partial charge in [0.2, 0.25) is 0 Å². The molecule has 2 saturated carbocycles. The number of benzene rings is 1. The summed E-state index contributed by atoms with van der Waals surface area (Å²) in [6.45, 7) is 2.69. The molecule has 20 heavy (non-hydrogen) atoms. The molecule has 0 aliphatic heterocycles. The van der Waals surface area contributed by atoms with Gasteiger partial charge in [0.25, 0.3) is 0 Å². The Balaban J connectivity index is 1.79. The summed E-state index contributed by atoms with van der Waals surface area (Å²) >= 11 is 5.99. The SMILES string of the molecule is NCC(c1cc(F)cc(Cl)c1)N(CC1CC1)CC1CC1. The van der Waals surface area contributed by atoms with Crippen molar-refractivity contribution in [1.29, 1.82) is 0 Å². The molecule has 4 heteroatoms. The molecule has 1 unspecified atom stereocenters. The minimum Gasteiger partial charge on any atom is -0.329 e. The Kier molecular flexibility index (Phi) is 4.29. The smallest absolute Gasteiger partial charge is 0.125 e. The number of nitrogens with zero attached hydrogens (tertiary/aromatic N) is 1. The van der Waals surface area contributed by atoms with Gasteiger partial charge in [0.1, 0.15) is 5.82 Å². The van der Waals surface area contributed by atoms with Gasteiger partial charge < -0.3 is 5.73 Å². The van der Waals surface area contributed by atoms with Crippen molar-refractivity contribution in [1.82, 2.24) is 4.90 Å². The van der Waals surface area contributed by atoms with Crippen LogP contribution in [0.3, 0.4) is 0 Å². The van der Waals surface area contributed by atoms with Crippen molar-refractivity contribution in [2.24, 2.45) is 17.6 Å². The van der Waals surface area contributed by atoms with Crippen molar-refractivity contribution in [3.05, 3.63) is 34.6 Å². The van der Waals surface area contributed by atoms with E-state index in [1.54, 1.807) is 6.07 Å². The van der Waals surface area contributed by atoms with Gasteiger partial charge in [-0.15, -0.1) is 0 Å². The molecule has 0 bridgehead atoms. The monoisotopic (exact) mass is 296 g/mol. The molecule has 1 aromatic rings. The van der Waals surface area contributed by atoms with Gasteiger partial charge in [0.15, 0.2) is 0 Å². The molecule has 2 nitrogen and oxygen atoms in total. The maximum atomic E-state index is 13.6. The Morgan fingerprint density at radius 1 is 1.15 bits per heavy atom. The molecule has 0 heterocycles. The van der Waals surface area contributed by atoms with E-state index in [0.29, 0.717) is 11.6 Å². The summed E-state index contributed by atoms with van der Waals surface area (Å²) in [5.41, 5.74) is 6.91. The van der Waals surface area contributed by atoms with E-state index < -0.39 is 0 Å². The summed E-state index contributed by atoms with van der Waals surface area (Å²) in [6, 6.07) is 4.88. The van der Waals surface area contributed by atoms with Crippen LogP contribution in [0.1, 0.15) is 37.3 Å². The predicted octanol–water partition coefficient (Wildman–Crippen LogP) is 3.60. The van der Waals surface area contributed by atoms with Crippen LogP contribution >= 0.6 is 11.6 Å². The highest BCUT2D eigenvalue weighted by Gasteiger charge is 2.32. The largest absolute Gasteiger partial charge is 0.329 e. The van der Waals surface area contributed by atoms with Crippen molar-refractivity contribution in [2.45, 2.75) is 31.7 Å². The van der Waals surface area contributed by atoms with Crippen LogP contribution in [-0.4, -0.2) is 24.5 Å². The molecule has 110 valence electrons. The molecular formula is C16H22ClFN2. The van der Waals surface area contributed by atoms with Gasteiger partial charge in [0, 0.05) is 30.7 Å². The number of hydrogen-bond donors (Lipinski definition) is 1. The first kappa shape index (κ1) is 14.3. The van der Waals surface area contributed by atoms with E-state index in [9.17, 15) is 4.39 Å². The Labute approximate surface area is 125 Å². The summed E-state index contributed by atoms with van der Waals surface area (Å²) in [5, 5.41) is 0.455. The van der Waals surface area contributed by atoms with E-state index in [4.69, 9.17) is 17.3 Å². The molecule has 0 saturated heterocycles. The van der Waals surface area contributed by atoms with Gasteiger partial charge in [-0.2, -0.15) is 0 Å². The van der Waals surface area contributed by atoms with Crippen LogP contribution in [0.25, 0.3) is 0 Å². The van der Waals surface area contributed by atoms with Crippen molar-refractivity contribution in [2.75, 3.05) is 19.6 Å². The highest BCUT2D eigenvalue weighted by molar-refractivity contribution is 6.30. The Hall–Kier alpha value is -0.640. The van der Waals surface area contributed by atoms with Gasteiger partial charge in [-0.05, 0) is 61.3 Å². The van der Waals surface area contributed by atoms with E-state index in [-0.39, 0.29) is 11.9 Å². The Bertz CT molecular complexity index is 437. The molecule has 0 spiro atoms. The summed E-state index contributed by atoms with van der Waals surface area (Å²) in [7, 11) is 0. The van der Waals surface area contributed by atoms with Crippen LogP contribution in [0.4, 0.5) is 4.39 Å². The molecule has 1 aromatic carbocycles. The van der Waals surface area contributed by atoms with Gasteiger partial charge >= 0.3 is 0 Å². The average molecular weight is 297 g/mol. The molecular weight excluding hydrogens is 275 g/mol. The first-order valence-corrected chi connectivity index (χ1v) is 7.93. The summed E-state index contributed by atoms with van der Waals surface area (Å²) < 4.78 is 13.6. The lowest BCUT2D eigenvalue weighted by atomic mass is 10.0. The van der Waals surface area contributed by atoms with Gasteiger partial charge in [0.05, 0.1) is 0 Å². The van der Waals surface area contributed by atoms with E-state index in [1.165, 1.54) is 31.7 Å². The normalized spacial score (nSPS) is 20.4. The van der Waals surface area contributed by atoms with E-state index in [0.717, 1.165) is 30.5 Å². The zero-order valence-electron chi connectivity index (χ0n) is 11.7. The van der Waals surface area contributed by atoms with Crippen molar-refractivity contribution >= 4 is 11.6 Å². The molecule has 1 atom stereocenters. The van der Waals surface area contributed by atoms with Crippen LogP contribution in [-0.2, 0) is 0 Å². The molecule has 0 amide bonds. The fourth-order valence-electron chi connectivity index (χ4n) is 2.86. The van der Waals surface area contributed by atoms with Crippen molar-refractivity contribution in [3.8, 4) is 0 Å². The maximum Gasteiger partial charge on any atom is 0.125 e. The quantitative estimate of drug-likeness (QED) is 0.833. The van der Waals surface area contributed by atoms with E-state index >= 15 is 0 Å². The third kappa shape index (κ3) is 3.72. The standard InChI is InChI=1S/C16H22ClFN2/c17-14-5-13(6-15(18)7-14)16(8-19)20(9-11-1-2-11)10-12-3-4-12/h5-7,11-12,16H,1-4,8-10,19H2. The molecule has 2 aliphatic rings. The van der Waals surface area contributed by atoms with Crippen molar-refractivity contribution < 1.29 is 4.39 Å². The second-order valence-corrected chi connectivity index (χ2v) is 6.73. The lowest BCUT2D eigenvalue weighted by Gasteiger charge is -2.31. The number of halogens is 2. The minimum absolute atomic E-state index is 0.0874. The zero-order valence-corrected chi connectivity index (χ0v) is 12.5. The summed E-state index contributed by atoms with van der Waals surface area (Å²) in [6.07, 6.45) is 5.29. The lowest BCUT2D eigenvalue weighted by Crippen LogP contribution is -2.36. The second-order valence-electron chi connectivity index (χ2n) is 6.29. The van der Waals surface area contributed by atoms with Gasteiger partial charge in [-0.3, -0.25) is 4.90 Å². The fourth-order valence-corrected chi connectivity index (χ4v) is 3.09. The lowest BCUT2D eigenvalue weighted by molar-refractivity contribution is 0.184. The Morgan fingerprint density at radius 3 is 2.20 bits per heavy atom. The summed E-state index contributed by atoms with van der Waals surface area (Å²) in [4.78, 5) is 2.46. The third-order valence-electron chi connectivity index (χ3n) is 4.31. The van der Waals surface area contributed by atoms with Crippen LogP contribution < -0.4 is 5.73 Å². The van der Waals surface area contributed by atoms with Gasteiger partial charge in [-0.1, -0.05) is 11.6 Å². The molecule has 2 N–H and O–H groups in total. The summed E-state index contributed by atoms with van der Waals surface area (Å²) in [5.74, 6) is 1.35. The van der Waals surface area contributed by atoms with Crippen LogP contribution in [0.5, 0.6) is 0 Å². The maximum absolute atomic E-state index is 13.6. The Morgan fingerprint density at radius 2 is 1.75 bits per heavy atom. The highest BCUT2D eigenvalue weighted by Crippen LogP contribution is 2.37.